The van der Waals surface area contributed by atoms with Gasteiger partial charge in [0, 0.05) is 6.42 Å². The summed E-state index contributed by atoms with van der Waals surface area (Å²) in [6, 6.07) is 0. The lowest BCUT2D eigenvalue weighted by Gasteiger charge is -1.99. The lowest BCUT2D eigenvalue weighted by molar-refractivity contribution is 0.704. The molecule has 0 fully saturated rings. The Kier molecular flexibility index (Phi) is 5.41. The largest absolute Gasteiger partial charge is 0.120 e. The molecular formula is C9H15. The molecule has 0 atom stereocenters. The van der Waals surface area contributed by atoms with Gasteiger partial charge in [-0.1, -0.05) is 20.3 Å². The molecule has 0 saturated carbocycles. The molecule has 0 aliphatic heterocycles. The Morgan fingerprint density at radius 3 is 2.44 bits per heavy atom. The van der Waals surface area contributed by atoms with Crippen LogP contribution in [0, 0.1) is 18.3 Å². The topological polar surface area (TPSA) is 0 Å². The molecule has 0 aromatic rings. The maximum absolute atomic E-state index is 5.09. The first-order valence-corrected chi connectivity index (χ1v) is 3.50. The van der Waals surface area contributed by atoms with Crippen molar-refractivity contribution in [1.82, 2.24) is 0 Å². The summed E-state index contributed by atoms with van der Waals surface area (Å²) in [5.74, 6) is 4.14. The second-order valence-electron chi connectivity index (χ2n) is 2.62. The molecule has 0 aromatic carbocycles. The second kappa shape index (κ2) is 5.69. The van der Waals surface area contributed by atoms with E-state index in [1.54, 1.807) is 0 Å². The molecule has 0 saturated heterocycles. The molecule has 0 heteroatoms. The molecule has 0 aliphatic carbocycles. The molecule has 0 rings (SSSR count). The van der Waals surface area contributed by atoms with Crippen LogP contribution in [-0.2, 0) is 0 Å². The fourth-order valence-corrected chi connectivity index (χ4v) is 0.706. The van der Waals surface area contributed by atoms with Crippen molar-refractivity contribution in [2.45, 2.75) is 39.5 Å². The van der Waals surface area contributed by atoms with Crippen LogP contribution < -0.4 is 0 Å². The van der Waals surface area contributed by atoms with E-state index in [2.05, 4.69) is 19.8 Å². The van der Waals surface area contributed by atoms with Gasteiger partial charge < -0.3 is 0 Å². The highest BCUT2D eigenvalue weighted by molar-refractivity contribution is 4.84. The Hall–Kier alpha value is -0.440. The summed E-state index contributed by atoms with van der Waals surface area (Å²) in [5.41, 5.74) is 0. The number of unbranched alkanes of at least 4 members (excludes halogenated alkanes) is 2. The zero-order chi connectivity index (χ0) is 7.11. The molecule has 0 N–H and O–H groups in total. The molecule has 0 amide bonds. The molecule has 0 bridgehead atoms. The lowest BCUT2D eigenvalue weighted by atomic mass is 10.1. The molecule has 0 aliphatic rings. The Labute approximate surface area is 58.7 Å². The van der Waals surface area contributed by atoms with E-state index < -0.39 is 0 Å². The number of hydrogen-bond donors (Lipinski definition) is 0. The van der Waals surface area contributed by atoms with E-state index in [-0.39, 0.29) is 0 Å². The minimum atomic E-state index is 0.938. The summed E-state index contributed by atoms with van der Waals surface area (Å²) in [5, 5.41) is 0. The van der Waals surface area contributed by atoms with E-state index in [0.29, 0.717) is 0 Å². The van der Waals surface area contributed by atoms with Crippen LogP contribution in [-0.4, -0.2) is 0 Å². The van der Waals surface area contributed by atoms with Gasteiger partial charge in [0.2, 0.25) is 0 Å². The van der Waals surface area contributed by atoms with Gasteiger partial charge in [0.1, 0.15) is 0 Å². The summed E-state index contributed by atoms with van der Waals surface area (Å²) in [4.78, 5) is 0. The van der Waals surface area contributed by atoms with E-state index in [1.165, 1.54) is 25.2 Å². The van der Waals surface area contributed by atoms with Crippen LogP contribution in [0.25, 0.3) is 0 Å². The smallest absolute Gasteiger partial charge is 0.00860 e. The first kappa shape index (κ1) is 8.56. The van der Waals surface area contributed by atoms with Gasteiger partial charge in [0.05, 0.1) is 0 Å². The summed E-state index contributed by atoms with van der Waals surface area (Å²) in [6.07, 6.45) is 9.70. The number of rotatable bonds is 4. The summed E-state index contributed by atoms with van der Waals surface area (Å²) < 4.78 is 0. The summed E-state index contributed by atoms with van der Waals surface area (Å²) in [6.45, 7) is 4.33. The normalized spacial score (nSPS) is 9.56. The van der Waals surface area contributed by atoms with Crippen LogP contribution in [0.15, 0.2) is 0 Å². The fraction of sp³-hybridized carbons (Fsp3) is 0.667. The van der Waals surface area contributed by atoms with E-state index in [1.807, 2.05) is 0 Å². The Bertz CT molecular complexity index is 84.7. The standard InChI is InChI=1S/C9H15/c1-4-5-6-7-8-9(2)3/h1H,5-8H2,2-3H3. The van der Waals surface area contributed by atoms with Crippen LogP contribution in [0.3, 0.4) is 0 Å². The van der Waals surface area contributed by atoms with E-state index in [9.17, 15) is 0 Å². The van der Waals surface area contributed by atoms with Crippen molar-refractivity contribution in [3.8, 4) is 12.3 Å². The zero-order valence-electron chi connectivity index (χ0n) is 6.41. The number of hydrogen-bond acceptors (Lipinski definition) is 0. The van der Waals surface area contributed by atoms with Crippen LogP contribution in [0.4, 0.5) is 0 Å². The zero-order valence-corrected chi connectivity index (χ0v) is 6.41. The molecule has 9 heavy (non-hydrogen) atoms. The van der Waals surface area contributed by atoms with Crippen molar-refractivity contribution < 1.29 is 0 Å². The lowest BCUT2D eigenvalue weighted by Crippen LogP contribution is -1.83. The predicted molar refractivity (Wildman–Crippen MR) is 41.9 cm³/mol. The van der Waals surface area contributed by atoms with E-state index >= 15 is 0 Å². The van der Waals surface area contributed by atoms with Gasteiger partial charge in [0.15, 0.2) is 0 Å². The highest BCUT2D eigenvalue weighted by Crippen LogP contribution is 2.08. The van der Waals surface area contributed by atoms with Crippen molar-refractivity contribution in [3.63, 3.8) is 0 Å². The van der Waals surface area contributed by atoms with Crippen LogP contribution >= 0.6 is 0 Å². The van der Waals surface area contributed by atoms with Gasteiger partial charge in [-0.05, 0) is 18.8 Å². The van der Waals surface area contributed by atoms with Gasteiger partial charge in [-0.15, -0.1) is 12.3 Å². The van der Waals surface area contributed by atoms with Gasteiger partial charge >= 0.3 is 0 Å². The molecule has 51 valence electrons. The SMILES string of the molecule is C#CCCCC[C](C)C. The third kappa shape index (κ3) is 7.56. The molecule has 1 radical (unpaired) electrons. The van der Waals surface area contributed by atoms with Crippen LogP contribution in [0.2, 0.25) is 0 Å². The van der Waals surface area contributed by atoms with Crippen molar-refractivity contribution in [2.24, 2.45) is 0 Å². The van der Waals surface area contributed by atoms with Gasteiger partial charge in [0.25, 0.3) is 0 Å². The number of terminal acetylenes is 1. The predicted octanol–water partition coefficient (Wildman–Crippen LogP) is 2.79. The third-order valence-corrected chi connectivity index (χ3v) is 1.25. The second-order valence-corrected chi connectivity index (χ2v) is 2.62. The van der Waals surface area contributed by atoms with Crippen LogP contribution in [0.1, 0.15) is 39.5 Å². The third-order valence-electron chi connectivity index (χ3n) is 1.25. The average molecular weight is 123 g/mol. The molecule has 0 spiro atoms. The van der Waals surface area contributed by atoms with Crippen molar-refractivity contribution in [3.05, 3.63) is 5.92 Å². The van der Waals surface area contributed by atoms with Crippen molar-refractivity contribution >= 4 is 0 Å². The van der Waals surface area contributed by atoms with Crippen molar-refractivity contribution in [1.29, 1.82) is 0 Å². The highest BCUT2D eigenvalue weighted by Gasteiger charge is 1.91. The average Bonchev–Trinajstić information content (AvgIpc) is 1.80. The Morgan fingerprint density at radius 1 is 1.33 bits per heavy atom. The Morgan fingerprint density at radius 2 is 2.00 bits per heavy atom. The molecule has 0 nitrogen and oxygen atoms in total. The van der Waals surface area contributed by atoms with Gasteiger partial charge in [-0.3, -0.25) is 0 Å². The van der Waals surface area contributed by atoms with Crippen molar-refractivity contribution in [2.75, 3.05) is 0 Å². The van der Waals surface area contributed by atoms with E-state index in [4.69, 9.17) is 6.42 Å². The monoisotopic (exact) mass is 123 g/mol. The Balaban J connectivity index is 2.85. The quantitative estimate of drug-likeness (QED) is 0.398. The summed E-state index contributed by atoms with van der Waals surface area (Å²) in [7, 11) is 0. The van der Waals surface area contributed by atoms with Gasteiger partial charge in [-0.25, -0.2) is 0 Å². The summed E-state index contributed by atoms with van der Waals surface area (Å²) >= 11 is 0. The highest BCUT2D eigenvalue weighted by atomic mass is 14.0. The first-order valence-electron chi connectivity index (χ1n) is 3.50. The minimum Gasteiger partial charge on any atom is -0.120 e. The molecular weight excluding hydrogens is 108 g/mol. The molecule has 0 unspecified atom stereocenters. The fourth-order valence-electron chi connectivity index (χ4n) is 0.706. The molecule has 0 aromatic heterocycles. The maximum atomic E-state index is 5.09. The maximum Gasteiger partial charge on any atom is 0.00860 e. The van der Waals surface area contributed by atoms with E-state index in [0.717, 1.165) is 6.42 Å². The molecule has 0 heterocycles. The minimum absolute atomic E-state index is 0.938. The van der Waals surface area contributed by atoms with Gasteiger partial charge in [-0.2, -0.15) is 0 Å². The first-order chi connectivity index (χ1) is 4.27. The van der Waals surface area contributed by atoms with Crippen LogP contribution in [0.5, 0.6) is 0 Å².